The molecule has 5 aromatic heterocycles. The normalized spacial score (nSPS) is 14.4. The predicted octanol–water partition coefficient (Wildman–Crippen LogP) is 11.8. The van der Waals surface area contributed by atoms with Crippen LogP contribution >= 0.6 is 34.9 Å². The van der Waals surface area contributed by atoms with Crippen LogP contribution in [0.1, 0.15) is 110 Å². The van der Waals surface area contributed by atoms with E-state index in [4.69, 9.17) is 29.4 Å². The van der Waals surface area contributed by atoms with Gasteiger partial charge in [0.25, 0.3) is 11.8 Å². The molecule has 9 rings (SSSR count). The van der Waals surface area contributed by atoms with Crippen molar-refractivity contribution in [2.24, 2.45) is 10.8 Å². The molecule has 2 aliphatic heterocycles. The minimum Gasteiger partial charge on any atom is -0.481 e. The van der Waals surface area contributed by atoms with Crippen LogP contribution in [0.3, 0.4) is 0 Å². The van der Waals surface area contributed by atoms with Gasteiger partial charge in [-0.05, 0) is 62.4 Å². The minimum absolute atomic E-state index is 0.0667. The molecule has 0 radical (unpaired) electrons. The van der Waals surface area contributed by atoms with Crippen LogP contribution in [0.5, 0.6) is 23.5 Å². The largest absolute Gasteiger partial charge is 0.481 e. The van der Waals surface area contributed by atoms with Crippen molar-refractivity contribution in [3.05, 3.63) is 136 Å². The molecule has 2 aliphatic rings. The number of nitrogens with one attached hydrogen (secondary N) is 1. The molecule has 2 aromatic carbocycles. The summed E-state index contributed by atoms with van der Waals surface area (Å²) in [5.41, 5.74) is 6.81. The lowest BCUT2D eigenvalue weighted by atomic mass is 9.70. The number of hydrogen-bond donors (Lipinski definition) is 2. The van der Waals surface area contributed by atoms with Crippen molar-refractivity contribution in [3.63, 3.8) is 0 Å². The van der Waals surface area contributed by atoms with E-state index in [1.165, 1.54) is 16.2 Å². The molecular weight excluding hydrogens is 1010 g/mol. The maximum Gasteiger partial charge on any atom is 0.310 e. The third-order valence-corrected chi connectivity index (χ3v) is 15.2. The average molecular weight is 1070 g/mol. The number of fused-ring (bicyclic) bond motifs is 4. The minimum atomic E-state index is -1.11. The highest BCUT2D eigenvalue weighted by atomic mass is 32.2. The van der Waals surface area contributed by atoms with Gasteiger partial charge in [-0.2, -0.15) is 0 Å². The Morgan fingerprint density at radius 2 is 0.960 bits per heavy atom. The average Bonchev–Trinajstić information content (AvgIpc) is 3.90. The number of aliphatic carboxylic acids is 1. The summed E-state index contributed by atoms with van der Waals surface area (Å²) in [5, 5.41) is 23.5. The Morgan fingerprint density at radius 1 is 0.573 bits per heavy atom. The molecule has 2 unspecified atom stereocenters. The number of carbonyl (C=O) groups excluding carboxylic acids is 3. The number of carboxylic acid groups (broad SMARTS) is 1. The van der Waals surface area contributed by atoms with Crippen molar-refractivity contribution in [1.29, 1.82) is 0 Å². The van der Waals surface area contributed by atoms with Crippen LogP contribution in [0.2, 0.25) is 0 Å². The molecule has 75 heavy (non-hydrogen) atoms. The summed E-state index contributed by atoms with van der Waals surface area (Å²) in [6, 6.07) is 30.0. The summed E-state index contributed by atoms with van der Waals surface area (Å²) in [6.45, 7) is 15.6. The van der Waals surface area contributed by atoms with Gasteiger partial charge in [0.15, 0.2) is 0 Å². The zero-order valence-corrected chi connectivity index (χ0v) is 46.3. The zero-order chi connectivity index (χ0) is 54.1. The third-order valence-electron chi connectivity index (χ3n) is 12.7. The van der Waals surface area contributed by atoms with Crippen molar-refractivity contribution in [3.8, 4) is 46.0 Å². The Kier molecular flexibility index (Phi) is 15.8. The number of ether oxygens (including phenoxy) is 2. The number of thioether (sulfide) groups is 2. The first-order valence-electron chi connectivity index (χ1n) is 24.2. The molecule has 19 heteroatoms. The molecule has 2 atom stereocenters. The summed E-state index contributed by atoms with van der Waals surface area (Å²) in [5.74, 6) is -0.530. The van der Waals surface area contributed by atoms with E-state index < -0.39 is 22.7 Å². The van der Waals surface area contributed by atoms with Crippen molar-refractivity contribution in [2.75, 3.05) is 33.5 Å². The molecule has 7 aromatic rings. The van der Waals surface area contributed by atoms with E-state index in [0.717, 1.165) is 37.9 Å². The van der Waals surface area contributed by atoms with Gasteiger partial charge >= 0.3 is 5.97 Å². The maximum atomic E-state index is 13.6. The molecule has 0 saturated heterocycles. The Balaban J connectivity index is 0.000000201. The van der Waals surface area contributed by atoms with Crippen LogP contribution in [-0.2, 0) is 9.59 Å². The van der Waals surface area contributed by atoms with E-state index in [1.807, 2.05) is 86.6 Å². The number of carboxylic acids is 1. The highest BCUT2D eigenvalue weighted by Crippen LogP contribution is 2.53. The van der Waals surface area contributed by atoms with E-state index in [1.54, 1.807) is 100 Å². The SMILES string of the molecule is CC(C)Sc1ccc2c(n1)Oc1nc(-c3ccc(C(=O)N(C)C)cc3)ccc1C2C(C)(C)C(=O)Nc1nncs1.CC(C)Sc1ccc2c(n1)Oc1nc(-c3ccc(C(=O)N(C)C)cc3)ccc1C2C(C)(C)C(=O)O. The number of pyridine rings is 4. The molecule has 0 spiro atoms. The first-order chi connectivity index (χ1) is 35.5. The van der Waals surface area contributed by atoms with Gasteiger partial charge < -0.3 is 29.7 Å². The number of aromatic nitrogens is 6. The summed E-state index contributed by atoms with van der Waals surface area (Å²) in [4.78, 5) is 72.6. The Hall–Kier alpha value is -7.22. The molecule has 0 fully saturated rings. The predicted molar refractivity (Wildman–Crippen MR) is 293 cm³/mol. The smallest absolute Gasteiger partial charge is 0.310 e. The van der Waals surface area contributed by atoms with Crippen molar-refractivity contribution < 1.29 is 33.8 Å². The van der Waals surface area contributed by atoms with Gasteiger partial charge in [-0.15, -0.1) is 33.7 Å². The quantitative estimate of drug-likeness (QED) is 0.103. The Bertz CT molecular complexity index is 3270. The first-order valence-corrected chi connectivity index (χ1v) is 26.8. The number of benzene rings is 2. The van der Waals surface area contributed by atoms with Crippen LogP contribution in [0.25, 0.3) is 22.5 Å². The fourth-order valence-electron chi connectivity index (χ4n) is 8.81. The molecule has 7 heterocycles. The van der Waals surface area contributed by atoms with Crippen LogP contribution in [0.15, 0.2) is 113 Å². The molecule has 3 amide bonds. The van der Waals surface area contributed by atoms with E-state index in [2.05, 4.69) is 43.2 Å². The molecule has 0 aliphatic carbocycles. The van der Waals surface area contributed by atoms with Crippen LogP contribution in [-0.4, -0.2) is 107 Å². The summed E-state index contributed by atoms with van der Waals surface area (Å²) in [7, 11) is 6.87. The van der Waals surface area contributed by atoms with Gasteiger partial charge in [0, 0.05) is 95.0 Å². The van der Waals surface area contributed by atoms with Crippen molar-refractivity contribution in [2.45, 2.75) is 87.8 Å². The molecule has 0 saturated carbocycles. The van der Waals surface area contributed by atoms with E-state index in [9.17, 15) is 24.3 Å². The molecular formula is C56H59N9O7S3. The highest BCUT2D eigenvalue weighted by molar-refractivity contribution is 8.00. The summed E-state index contributed by atoms with van der Waals surface area (Å²) in [6.07, 6.45) is 0. The first kappa shape index (κ1) is 54.1. The standard InChI is InChI=1S/C29H30N6O3S2.C27H29N3O4S/c1-16(2)40-22-14-12-20-23(29(3,4)27(37)33-28-34-30-15-39-28)19-11-13-21(31-24(19)38-25(20)32-22)17-7-9-18(10-8-17)26(36)35(5)6;1-15(2)35-21-14-12-19-22(27(3,4)26(32)33)18-11-13-20(28-23(18)34-24(19)29-21)16-7-9-17(10-8-16)25(31)30(5)6/h7-16,23H,1-6H3,(H,33,34,37);7-15,22H,1-6H3,(H,32,33). The van der Waals surface area contributed by atoms with Gasteiger partial charge in [0.1, 0.15) is 15.6 Å². The fraction of sp³-hybridized carbons (Fsp3) is 0.321. The fourth-order valence-corrected chi connectivity index (χ4v) is 10.8. The van der Waals surface area contributed by atoms with Gasteiger partial charge in [-0.1, -0.05) is 101 Å². The van der Waals surface area contributed by atoms with Crippen LogP contribution < -0.4 is 14.8 Å². The van der Waals surface area contributed by atoms with Gasteiger partial charge in [-0.3, -0.25) is 19.2 Å². The number of hydrogen-bond acceptors (Lipinski definition) is 15. The number of amides is 3. The number of carbonyl (C=O) groups is 4. The number of nitrogens with zero attached hydrogens (tertiary/aromatic N) is 8. The van der Waals surface area contributed by atoms with E-state index >= 15 is 0 Å². The Morgan fingerprint density at radius 3 is 1.32 bits per heavy atom. The third kappa shape index (κ3) is 11.5. The second kappa shape index (κ2) is 21.9. The molecule has 2 N–H and O–H groups in total. The van der Waals surface area contributed by atoms with Crippen LogP contribution in [0, 0.1) is 10.8 Å². The highest BCUT2D eigenvalue weighted by Gasteiger charge is 2.46. The monoisotopic (exact) mass is 1070 g/mol. The second-order valence-electron chi connectivity index (χ2n) is 20.2. The van der Waals surface area contributed by atoms with Gasteiger partial charge in [0.05, 0.1) is 22.2 Å². The topological polar surface area (TPSA) is 203 Å². The van der Waals surface area contributed by atoms with Crippen molar-refractivity contribution >= 4 is 63.7 Å². The van der Waals surface area contributed by atoms with Crippen LogP contribution in [0.4, 0.5) is 5.13 Å². The van der Waals surface area contributed by atoms with Gasteiger partial charge in [-0.25, -0.2) is 19.9 Å². The Labute approximate surface area is 449 Å². The van der Waals surface area contributed by atoms with Crippen molar-refractivity contribution in [1.82, 2.24) is 39.9 Å². The summed E-state index contributed by atoms with van der Waals surface area (Å²) >= 11 is 4.52. The maximum absolute atomic E-state index is 13.6. The molecule has 16 nitrogen and oxygen atoms in total. The number of rotatable bonds is 13. The van der Waals surface area contributed by atoms with Gasteiger partial charge in [0.2, 0.25) is 34.6 Å². The van der Waals surface area contributed by atoms with E-state index in [-0.39, 0.29) is 23.6 Å². The molecule has 0 bridgehead atoms. The lowest BCUT2D eigenvalue weighted by Gasteiger charge is -2.37. The number of anilines is 1. The molecule has 388 valence electrons. The lowest BCUT2D eigenvalue weighted by Crippen LogP contribution is -2.38. The zero-order valence-electron chi connectivity index (χ0n) is 43.8. The lowest BCUT2D eigenvalue weighted by molar-refractivity contribution is -0.147. The second-order valence-corrected chi connectivity index (χ2v) is 24.2. The summed E-state index contributed by atoms with van der Waals surface area (Å²) < 4.78 is 12.5. The van der Waals surface area contributed by atoms with E-state index in [0.29, 0.717) is 67.2 Å².